The van der Waals surface area contributed by atoms with E-state index >= 15 is 0 Å². The summed E-state index contributed by atoms with van der Waals surface area (Å²) in [7, 11) is 0. The number of hydrogen-bond donors (Lipinski definition) is 1. The summed E-state index contributed by atoms with van der Waals surface area (Å²) in [5.41, 5.74) is 2.39. The highest BCUT2D eigenvalue weighted by Gasteiger charge is 2.14. The lowest BCUT2D eigenvalue weighted by Crippen LogP contribution is -2.09. The summed E-state index contributed by atoms with van der Waals surface area (Å²) in [5.74, 6) is 0. The molecule has 1 heterocycles. The maximum atomic E-state index is 5.62. The minimum Gasteiger partial charge on any atom is -0.383 e. The highest BCUT2D eigenvalue weighted by atomic mass is 79.9. The van der Waals surface area contributed by atoms with Gasteiger partial charge < -0.3 is 10.1 Å². The van der Waals surface area contributed by atoms with E-state index in [2.05, 4.69) is 56.2 Å². The van der Waals surface area contributed by atoms with Crippen molar-refractivity contribution in [1.82, 2.24) is 0 Å². The van der Waals surface area contributed by atoms with Crippen molar-refractivity contribution in [1.29, 1.82) is 0 Å². The molecule has 1 saturated heterocycles. The van der Waals surface area contributed by atoms with Crippen LogP contribution in [0.1, 0.15) is 31.2 Å². The van der Waals surface area contributed by atoms with Gasteiger partial charge in [0.1, 0.15) is 0 Å². The Bertz CT molecular complexity index is 380. The van der Waals surface area contributed by atoms with Gasteiger partial charge in [0, 0.05) is 22.1 Å². The molecular formula is C14H19Br2NO. The van der Waals surface area contributed by atoms with Crippen molar-refractivity contribution in [2.24, 2.45) is 0 Å². The molecule has 0 aliphatic carbocycles. The summed E-state index contributed by atoms with van der Waals surface area (Å²) in [6.07, 6.45) is 5.27. The molecule has 1 aromatic rings. The van der Waals surface area contributed by atoms with E-state index in [-0.39, 0.29) is 0 Å². The lowest BCUT2D eigenvalue weighted by atomic mass is 10.1. The molecule has 18 heavy (non-hydrogen) atoms. The molecule has 4 heteroatoms. The van der Waals surface area contributed by atoms with Crippen LogP contribution in [0.2, 0.25) is 0 Å². The largest absolute Gasteiger partial charge is 0.383 e. The first-order valence-electron chi connectivity index (χ1n) is 6.48. The fraction of sp³-hybridized carbons (Fsp3) is 0.571. The molecule has 1 aromatic carbocycles. The van der Waals surface area contributed by atoms with Crippen molar-refractivity contribution in [3.05, 3.63) is 26.6 Å². The Morgan fingerprint density at radius 2 is 2.06 bits per heavy atom. The van der Waals surface area contributed by atoms with Crippen LogP contribution in [0.25, 0.3) is 0 Å². The quantitative estimate of drug-likeness (QED) is 0.738. The van der Waals surface area contributed by atoms with Crippen LogP contribution in [-0.4, -0.2) is 19.3 Å². The standard InChI is InChI=1S/C14H19Br2NO/c1-10-8-12(15)14(13(16)9-10)17-6-2-4-11-5-3-7-18-11/h8-9,11,17H,2-7H2,1H3. The van der Waals surface area contributed by atoms with Crippen LogP contribution < -0.4 is 5.32 Å². The number of aryl methyl sites for hydroxylation is 1. The highest BCUT2D eigenvalue weighted by Crippen LogP contribution is 2.32. The summed E-state index contributed by atoms with van der Waals surface area (Å²) in [4.78, 5) is 0. The highest BCUT2D eigenvalue weighted by molar-refractivity contribution is 9.11. The van der Waals surface area contributed by atoms with Gasteiger partial charge in [0.25, 0.3) is 0 Å². The molecule has 1 N–H and O–H groups in total. The zero-order chi connectivity index (χ0) is 13.0. The van der Waals surface area contributed by atoms with Crippen LogP contribution in [0.3, 0.4) is 0 Å². The van der Waals surface area contributed by atoms with Gasteiger partial charge in [-0.2, -0.15) is 0 Å². The van der Waals surface area contributed by atoms with Crippen LogP contribution in [0.5, 0.6) is 0 Å². The molecular weight excluding hydrogens is 358 g/mol. The average Bonchev–Trinajstić information content (AvgIpc) is 2.79. The van der Waals surface area contributed by atoms with Crippen LogP contribution in [0, 0.1) is 6.92 Å². The molecule has 0 spiro atoms. The van der Waals surface area contributed by atoms with Crippen LogP contribution in [0.4, 0.5) is 5.69 Å². The number of ether oxygens (including phenoxy) is 1. The fourth-order valence-corrected chi connectivity index (χ4v) is 3.98. The maximum Gasteiger partial charge on any atom is 0.0629 e. The number of halogens is 2. The van der Waals surface area contributed by atoms with E-state index in [1.165, 1.54) is 18.4 Å². The normalized spacial score (nSPS) is 19.2. The van der Waals surface area contributed by atoms with E-state index < -0.39 is 0 Å². The molecule has 1 aliphatic rings. The molecule has 1 atom stereocenters. The van der Waals surface area contributed by atoms with Crippen molar-refractivity contribution in [3.8, 4) is 0 Å². The second kappa shape index (κ2) is 6.92. The van der Waals surface area contributed by atoms with E-state index in [0.717, 1.165) is 40.6 Å². The van der Waals surface area contributed by atoms with E-state index in [1.54, 1.807) is 0 Å². The summed E-state index contributed by atoms with van der Waals surface area (Å²) in [5, 5.41) is 3.48. The van der Waals surface area contributed by atoms with Crippen LogP contribution in [-0.2, 0) is 4.74 Å². The zero-order valence-corrected chi connectivity index (χ0v) is 13.8. The number of benzene rings is 1. The molecule has 1 unspecified atom stereocenters. The molecule has 100 valence electrons. The molecule has 0 bridgehead atoms. The average molecular weight is 377 g/mol. The summed E-state index contributed by atoms with van der Waals surface area (Å²) in [6, 6.07) is 4.26. The molecule has 1 aliphatic heterocycles. The zero-order valence-electron chi connectivity index (χ0n) is 10.6. The number of rotatable bonds is 5. The molecule has 1 fully saturated rings. The van der Waals surface area contributed by atoms with Crippen molar-refractivity contribution in [2.45, 2.75) is 38.7 Å². The van der Waals surface area contributed by atoms with Gasteiger partial charge in [-0.25, -0.2) is 0 Å². The first kappa shape index (κ1) is 14.4. The lowest BCUT2D eigenvalue weighted by Gasteiger charge is -2.13. The van der Waals surface area contributed by atoms with Gasteiger partial charge in [-0.15, -0.1) is 0 Å². The SMILES string of the molecule is Cc1cc(Br)c(NCCCC2CCCO2)c(Br)c1. The van der Waals surface area contributed by atoms with Gasteiger partial charge in [-0.3, -0.25) is 0 Å². The Morgan fingerprint density at radius 1 is 1.33 bits per heavy atom. The molecule has 0 saturated carbocycles. The Kier molecular flexibility index (Phi) is 5.52. The third kappa shape index (κ3) is 3.97. The van der Waals surface area contributed by atoms with Gasteiger partial charge in [-0.05, 0) is 82.2 Å². The first-order valence-corrected chi connectivity index (χ1v) is 8.06. The van der Waals surface area contributed by atoms with Crippen molar-refractivity contribution >= 4 is 37.5 Å². The Hall–Kier alpha value is -0.0600. The Balaban J connectivity index is 1.79. The predicted octanol–water partition coefficient (Wildman–Crippen LogP) is 4.89. The molecule has 0 aromatic heterocycles. The van der Waals surface area contributed by atoms with Crippen molar-refractivity contribution in [2.75, 3.05) is 18.5 Å². The van der Waals surface area contributed by atoms with E-state index in [0.29, 0.717) is 6.10 Å². The number of hydrogen-bond acceptors (Lipinski definition) is 2. The molecule has 2 rings (SSSR count). The monoisotopic (exact) mass is 375 g/mol. The Morgan fingerprint density at radius 3 is 2.67 bits per heavy atom. The second-order valence-corrected chi connectivity index (χ2v) is 6.52. The first-order chi connectivity index (χ1) is 8.66. The minimum absolute atomic E-state index is 0.497. The summed E-state index contributed by atoms with van der Waals surface area (Å²) < 4.78 is 7.86. The predicted molar refractivity (Wildman–Crippen MR) is 83.3 cm³/mol. The van der Waals surface area contributed by atoms with Gasteiger partial charge in [0.2, 0.25) is 0 Å². The smallest absolute Gasteiger partial charge is 0.0629 e. The molecule has 2 nitrogen and oxygen atoms in total. The minimum atomic E-state index is 0.497. The lowest BCUT2D eigenvalue weighted by molar-refractivity contribution is 0.103. The third-order valence-electron chi connectivity index (χ3n) is 3.22. The topological polar surface area (TPSA) is 21.3 Å². The van der Waals surface area contributed by atoms with Gasteiger partial charge in [0.15, 0.2) is 0 Å². The van der Waals surface area contributed by atoms with Gasteiger partial charge in [-0.1, -0.05) is 0 Å². The van der Waals surface area contributed by atoms with Gasteiger partial charge in [0.05, 0.1) is 11.8 Å². The van der Waals surface area contributed by atoms with Crippen LogP contribution >= 0.6 is 31.9 Å². The second-order valence-electron chi connectivity index (χ2n) is 4.81. The van der Waals surface area contributed by atoms with E-state index in [1.807, 2.05) is 0 Å². The van der Waals surface area contributed by atoms with Crippen molar-refractivity contribution < 1.29 is 4.74 Å². The van der Waals surface area contributed by atoms with Crippen molar-refractivity contribution in [3.63, 3.8) is 0 Å². The fourth-order valence-electron chi connectivity index (χ4n) is 2.28. The number of anilines is 1. The molecule has 0 amide bonds. The summed E-state index contributed by atoms with van der Waals surface area (Å²) >= 11 is 7.20. The molecule has 0 radical (unpaired) electrons. The number of nitrogens with one attached hydrogen (secondary N) is 1. The maximum absolute atomic E-state index is 5.62. The Labute approximate surface area is 126 Å². The summed E-state index contributed by atoms with van der Waals surface area (Å²) in [6.45, 7) is 4.03. The van der Waals surface area contributed by atoms with Gasteiger partial charge >= 0.3 is 0 Å². The van der Waals surface area contributed by atoms with Crippen LogP contribution in [0.15, 0.2) is 21.1 Å². The third-order valence-corrected chi connectivity index (χ3v) is 4.47. The van der Waals surface area contributed by atoms with E-state index in [9.17, 15) is 0 Å². The van der Waals surface area contributed by atoms with E-state index in [4.69, 9.17) is 4.74 Å².